The molecule has 22 heavy (non-hydrogen) atoms. The Balaban J connectivity index is 1.82. The molecule has 1 aromatic rings. The minimum Gasteiger partial charge on any atom is -0.481 e. The quantitative estimate of drug-likeness (QED) is 0.903. The first-order valence-corrected chi connectivity index (χ1v) is 7.85. The molecule has 1 aromatic carbocycles. The molecule has 1 amide bonds. The number of hydrogen-bond donors (Lipinski definition) is 1. The molecule has 1 N–H and O–H groups in total. The minimum atomic E-state index is -0.752. The molecule has 1 saturated heterocycles. The number of amides is 1. The van der Waals surface area contributed by atoms with E-state index in [1.807, 2.05) is 41.1 Å². The number of aliphatic carboxylic acids is 1. The Morgan fingerprint density at radius 2 is 2.14 bits per heavy atom. The summed E-state index contributed by atoms with van der Waals surface area (Å²) >= 11 is 0. The minimum absolute atomic E-state index is 0.0695. The highest BCUT2D eigenvalue weighted by atomic mass is 16.4. The maximum Gasteiger partial charge on any atom is 0.303 e. The van der Waals surface area contributed by atoms with Crippen LogP contribution in [0.2, 0.25) is 0 Å². The highest BCUT2D eigenvalue weighted by molar-refractivity contribution is 5.95. The predicted molar refractivity (Wildman–Crippen MR) is 84.0 cm³/mol. The van der Waals surface area contributed by atoms with Crippen LogP contribution in [0.1, 0.15) is 30.7 Å². The van der Waals surface area contributed by atoms with Gasteiger partial charge in [0.1, 0.15) is 0 Å². The van der Waals surface area contributed by atoms with Crippen molar-refractivity contribution in [3.05, 3.63) is 29.8 Å². The Kier molecular flexibility index (Phi) is 4.16. The molecular weight excluding hydrogens is 280 g/mol. The van der Waals surface area contributed by atoms with Gasteiger partial charge in [0, 0.05) is 18.8 Å². The average Bonchev–Trinajstić information content (AvgIpc) is 3.29. The van der Waals surface area contributed by atoms with E-state index >= 15 is 0 Å². The zero-order valence-corrected chi connectivity index (χ0v) is 12.9. The van der Waals surface area contributed by atoms with Crippen LogP contribution < -0.4 is 4.90 Å². The molecule has 1 aliphatic carbocycles. The van der Waals surface area contributed by atoms with E-state index < -0.39 is 5.97 Å². The van der Waals surface area contributed by atoms with Crippen molar-refractivity contribution in [2.75, 3.05) is 31.6 Å². The molecule has 1 heterocycles. The second-order valence-electron chi connectivity index (χ2n) is 6.42. The van der Waals surface area contributed by atoms with Gasteiger partial charge in [-0.2, -0.15) is 0 Å². The molecule has 0 aromatic heterocycles. The van der Waals surface area contributed by atoms with Crippen molar-refractivity contribution >= 4 is 17.6 Å². The molecule has 1 unspecified atom stereocenters. The zero-order chi connectivity index (χ0) is 15.7. The number of likely N-dealkylation sites (N-methyl/N-ethyl adjacent to an activating group) is 1. The van der Waals surface area contributed by atoms with Crippen LogP contribution in [0.5, 0.6) is 0 Å². The van der Waals surface area contributed by atoms with Crippen LogP contribution in [-0.4, -0.2) is 48.6 Å². The van der Waals surface area contributed by atoms with E-state index in [0.717, 1.165) is 30.6 Å². The number of anilines is 1. The number of carbonyl (C=O) groups excluding carboxylic acids is 1. The van der Waals surface area contributed by atoms with E-state index in [-0.39, 0.29) is 18.2 Å². The highest BCUT2D eigenvalue weighted by Gasteiger charge is 2.34. The van der Waals surface area contributed by atoms with Gasteiger partial charge >= 0.3 is 5.97 Å². The zero-order valence-electron chi connectivity index (χ0n) is 12.9. The van der Waals surface area contributed by atoms with Gasteiger partial charge in [0.2, 0.25) is 5.91 Å². The number of hydrogen-bond acceptors (Lipinski definition) is 3. The summed E-state index contributed by atoms with van der Waals surface area (Å²) in [6, 6.07) is 7.88. The Morgan fingerprint density at radius 3 is 2.77 bits per heavy atom. The molecule has 2 aliphatic rings. The van der Waals surface area contributed by atoms with Crippen LogP contribution in [0.15, 0.2) is 24.3 Å². The summed E-state index contributed by atoms with van der Waals surface area (Å²) in [5, 5.41) is 9.14. The van der Waals surface area contributed by atoms with E-state index in [9.17, 15) is 9.59 Å². The third-order valence-electron chi connectivity index (χ3n) is 4.61. The number of carbonyl (C=O) groups is 2. The average molecular weight is 302 g/mol. The Morgan fingerprint density at radius 1 is 1.36 bits per heavy atom. The summed E-state index contributed by atoms with van der Waals surface area (Å²) in [6.07, 6.45) is 2.38. The van der Waals surface area contributed by atoms with Crippen LogP contribution >= 0.6 is 0 Å². The van der Waals surface area contributed by atoms with Crippen LogP contribution in [-0.2, 0) is 9.59 Å². The summed E-state index contributed by atoms with van der Waals surface area (Å²) in [5.41, 5.74) is 1.95. The van der Waals surface area contributed by atoms with E-state index in [1.165, 1.54) is 0 Å². The Hall–Kier alpha value is -1.88. The molecule has 0 bridgehead atoms. The first kappa shape index (κ1) is 15.0. The fourth-order valence-electron chi connectivity index (χ4n) is 3.23. The molecule has 0 radical (unpaired) electrons. The largest absolute Gasteiger partial charge is 0.481 e. The van der Waals surface area contributed by atoms with Crippen LogP contribution in [0, 0.1) is 5.92 Å². The lowest BCUT2D eigenvalue weighted by Gasteiger charge is -2.32. The van der Waals surface area contributed by atoms with E-state index in [0.29, 0.717) is 19.0 Å². The van der Waals surface area contributed by atoms with E-state index in [4.69, 9.17) is 5.11 Å². The SMILES string of the molecule is CN1CCN(c2cccc(C(CC(=O)O)C3CC3)c2)C(=O)C1. The lowest BCUT2D eigenvalue weighted by molar-refractivity contribution is -0.137. The van der Waals surface area contributed by atoms with Crippen molar-refractivity contribution in [1.29, 1.82) is 0 Å². The first-order chi connectivity index (χ1) is 10.5. The molecule has 1 saturated carbocycles. The molecule has 1 aliphatic heterocycles. The number of carboxylic acids is 1. The third-order valence-corrected chi connectivity index (χ3v) is 4.61. The molecule has 0 spiro atoms. The van der Waals surface area contributed by atoms with Crippen molar-refractivity contribution < 1.29 is 14.7 Å². The van der Waals surface area contributed by atoms with Gasteiger partial charge in [-0.3, -0.25) is 14.5 Å². The molecule has 2 fully saturated rings. The van der Waals surface area contributed by atoms with Crippen molar-refractivity contribution in [3.8, 4) is 0 Å². The summed E-state index contributed by atoms with van der Waals surface area (Å²) in [4.78, 5) is 27.1. The van der Waals surface area contributed by atoms with E-state index in [1.54, 1.807) is 0 Å². The van der Waals surface area contributed by atoms with Crippen molar-refractivity contribution in [1.82, 2.24) is 4.90 Å². The van der Waals surface area contributed by atoms with Gasteiger partial charge in [-0.15, -0.1) is 0 Å². The highest BCUT2D eigenvalue weighted by Crippen LogP contribution is 2.45. The maximum atomic E-state index is 12.2. The molecule has 118 valence electrons. The van der Waals surface area contributed by atoms with Gasteiger partial charge in [-0.25, -0.2) is 0 Å². The normalized spacial score (nSPS) is 21.0. The Labute approximate surface area is 130 Å². The molecule has 1 atom stereocenters. The van der Waals surface area contributed by atoms with Gasteiger partial charge in [-0.1, -0.05) is 12.1 Å². The lowest BCUT2D eigenvalue weighted by Crippen LogP contribution is -2.48. The van der Waals surface area contributed by atoms with Crippen molar-refractivity contribution in [3.63, 3.8) is 0 Å². The second-order valence-corrected chi connectivity index (χ2v) is 6.42. The molecule has 3 rings (SSSR count). The number of nitrogens with zero attached hydrogens (tertiary/aromatic N) is 2. The molecule has 5 nitrogen and oxygen atoms in total. The maximum absolute atomic E-state index is 12.2. The summed E-state index contributed by atoms with van der Waals surface area (Å²) in [5.74, 6) is -0.0976. The molecule has 5 heteroatoms. The fourth-order valence-corrected chi connectivity index (χ4v) is 3.23. The third kappa shape index (κ3) is 3.30. The van der Waals surface area contributed by atoms with E-state index in [2.05, 4.69) is 0 Å². The topological polar surface area (TPSA) is 60.9 Å². The first-order valence-electron chi connectivity index (χ1n) is 7.85. The Bertz CT molecular complexity index is 583. The van der Waals surface area contributed by atoms with Gasteiger partial charge in [-0.05, 0) is 49.4 Å². The molecular formula is C17H22N2O3. The number of carboxylic acid groups (broad SMARTS) is 1. The van der Waals surface area contributed by atoms with Crippen LogP contribution in [0.3, 0.4) is 0 Å². The smallest absolute Gasteiger partial charge is 0.303 e. The fraction of sp³-hybridized carbons (Fsp3) is 0.529. The van der Waals surface area contributed by atoms with Gasteiger partial charge < -0.3 is 10.0 Å². The van der Waals surface area contributed by atoms with Gasteiger partial charge in [0.05, 0.1) is 13.0 Å². The predicted octanol–water partition coefficient (Wildman–Crippen LogP) is 1.93. The summed E-state index contributed by atoms with van der Waals surface area (Å²) in [7, 11) is 1.95. The lowest BCUT2D eigenvalue weighted by atomic mass is 9.90. The van der Waals surface area contributed by atoms with Crippen LogP contribution in [0.25, 0.3) is 0 Å². The van der Waals surface area contributed by atoms with Crippen molar-refractivity contribution in [2.24, 2.45) is 5.92 Å². The number of piperazine rings is 1. The summed E-state index contributed by atoms with van der Waals surface area (Å²) in [6.45, 7) is 1.98. The number of rotatable bonds is 5. The monoisotopic (exact) mass is 302 g/mol. The van der Waals surface area contributed by atoms with Gasteiger partial charge in [0.25, 0.3) is 0 Å². The standard InChI is InChI=1S/C17H22N2O3/c1-18-7-8-19(16(20)11-18)14-4-2-3-13(9-14)15(10-17(21)22)12-5-6-12/h2-4,9,12,15H,5-8,10-11H2,1H3,(H,21,22). The summed E-state index contributed by atoms with van der Waals surface area (Å²) < 4.78 is 0. The van der Waals surface area contributed by atoms with Crippen molar-refractivity contribution in [2.45, 2.75) is 25.2 Å². The second kappa shape index (κ2) is 6.08. The number of benzene rings is 1. The van der Waals surface area contributed by atoms with Crippen LogP contribution in [0.4, 0.5) is 5.69 Å². The van der Waals surface area contributed by atoms with Gasteiger partial charge in [0.15, 0.2) is 0 Å².